The van der Waals surface area contributed by atoms with Crippen LogP contribution in [0.25, 0.3) is 0 Å². The Morgan fingerprint density at radius 3 is 2.30 bits per heavy atom. The molecule has 0 fully saturated rings. The number of hydrogen-bond donors (Lipinski definition) is 0. The Balaban J connectivity index is 1.72. The summed E-state index contributed by atoms with van der Waals surface area (Å²) in [6, 6.07) is 17.0. The molecule has 0 radical (unpaired) electrons. The first-order valence-corrected chi connectivity index (χ1v) is 13.5. The number of halogens is 3. The third-order valence-corrected chi connectivity index (χ3v) is 8.46. The van der Waals surface area contributed by atoms with E-state index in [9.17, 15) is 18.0 Å². The molecule has 0 saturated carbocycles. The van der Waals surface area contributed by atoms with Crippen molar-refractivity contribution in [2.24, 2.45) is 0 Å². The van der Waals surface area contributed by atoms with Gasteiger partial charge >= 0.3 is 5.97 Å². The Kier molecular flexibility index (Phi) is 8.30. The molecule has 3 aromatic carbocycles. The quantitative estimate of drug-likeness (QED) is 0.371. The third kappa shape index (κ3) is 5.86. The average Bonchev–Trinajstić information content (AvgIpc) is 2.89. The molecule has 1 aliphatic heterocycles. The van der Waals surface area contributed by atoms with Gasteiger partial charge in [0.1, 0.15) is 5.75 Å². The van der Waals surface area contributed by atoms with Crippen molar-refractivity contribution in [3.63, 3.8) is 0 Å². The van der Waals surface area contributed by atoms with Crippen LogP contribution in [-0.4, -0.2) is 50.9 Å². The first-order valence-electron chi connectivity index (χ1n) is 10.9. The summed E-state index contributed by atoms with van der Waals surface area (Å²) in [5.41, 5.74) is 0.734. The van der Waals surface area contributed by atoms with E-state index in [2.05, 4.69) is 0 Å². The Labute approximate surface area is 229 Å². The zero-order chi connectivity index (χ0) is 26.7. The molecule has 1 aliphatic rings. The van der Waals surface area contributed by atoms with E-state index in [4.69, 9.17) is 44.3 Å². The van der Waals surface area contributed by atoms with Gasteiger partial charge in [-0.05, 0) is 48.5 Å². The smallest absolute Gasteiger partial charge is 0.348 e. The number of nitrogens with zero attached hydrogens (tertiary/aromatic N) is 2. The van der Waals surface area contributed by atoms with Crippen LogP contribution in [-0.2, 0) is 30.9 Å². The summed E-state index contributed by atoms with van der Waals surface area (Å²) in [7, 11) is -2.99. The van der Waals surface area contributed by atoms with Crippen molar-refractivity contribution in [1.29, 1.82) is 0 Å². The lowest BCUT2D eigenvalue weighted by atomic mass is 10.1. The molecule has 12 heteroatoms. The lowest BCUT2D eigenvalue weighted by Gasteiger charge is -2.34. The van der Waals surface area contributed by atoms with Crippen LogP contribution in [0.15, 0.2) is 71.6 Å². The largest absolute Gasteiger partial charge is 0.475 e. The van der Waals surface area contributed by atoms with E-state index in [0.717, 1.165) is 4.31 Å². The summed E-state index contributed by atoms with van der Waals surface area (Å²) in [5.74, 6) is -0.968. The Hall–Kier alpha value is -2.82. The first kappa shape index (κ1) is 27.2. The summed E-state index contributed by atoms with van der Waals surface area (Å²) in [6.45, 7) is -1.01. The predicted octanol–water partition coefficient (Wildman–Crippen LogP) is 4.80. The second kappa shape index (κ2) is 11.3. The third-order valence-electron chi connectivity index (χ3n) is 5.70. The number of rotatable bonds is 7. The Bertz CT molecular complexity index is 1410. The number of para-hydroxylation sites is 2. The topological polar surface area (TPSA) is 93.2 Å². The van der Waals surface area contributed by atoms with Gasteiger partial charge in [-0.15, -0.1) is 0 Å². The minimum absolute atomic E-state index is 0.0670. The van der Waals surface area contributed by atoms with Crippen LogP contribution in [0.2, 0.25) is 15.1 Å². The van der Waals surface area contributed by atoms with Gasteiger partial charge in [-0.1, -0.05) is 53.0 Å². The maximum absolute atomic E-state index is 13.7. The number of esters is 1. The summed E-state index contributed by atoms with van der Waals surface area (Å²) < 4.78 is 38.8. The molecule has 4 rings (SSSR count). The van der Waals surface area contributed by atoms with Crippen molar-refractivity contribution in [2.45, 2.75) is 17.5 Å². The zero-order valence-corrected chi connectivity index (χ0v) is 22.5. The Morgan fingerprint density at radius 2 is 1.65 bits per heavy atom. The van der Waals surface area contributed by atoms with Crippen LogP contribution in [0.5, 0.6) is 5.75 Å². The molecule has 194 valence electrons. The number of fused-ring (bicyclic) bond motifs is 1. The van der Waals surface area contributed by atoms with Gasteiger partial charge in [-0.25, -0.2) is 13.2 Å². The van der Waals surface area contributed by atoms with E-state index in [1.54, 1.807) is 42.5 Å². The molecule has 8 nitrogen and oxygen atoms in total. The van der Waals surface area contributed by atoms with Crippen LogP contribution < -0.4 is 9.64 Å². The highest BCUT2D eigenvalue weighted by Crippen LogP contribution is 2.34. The van der Waals surface area contributed by atoms with Gasteiger partial charge in [-0.2, -0.15) is 4.31 Å². The lowest BCUT2D eigenvalue weighted by molar-refractivity contribution is -0.148. The maximum atomic E-state index is 13.7. The molecule has 1 atom stereocenters. The second-order valence-electron chi connectivity index (χ2n) is 8.03. The van der Waals surface area contributed by atoms with E-state index in [1.807, 2.05) is 0 Å². The molecule has 0 saturated heterocycles. The molecule has 1 amide bonds. The van der Waals surface area contributed by atoms with E-state index in [0.29, 0.717) is 22.0 Å². The molecule has 0 aliphatic carbocycles. The SMILES string of the molecule is COC(=O)[C@H]1CN(C(=O)CN(Cc2c(Cl)cccc2Cl)S(=O)(=O)c2ccc(Cl)cc2)c2ccccc2O1. The minimum Gasteiger partial charge on any atom is -0.475 e. The number of methoxy groups -OCH3 is 1. The normalized spacial score (nSPS) is 15.2. The zero-order valence-electron chi connectivity index (χ0n) is 19.4. The first-order chi connectivity index (χ1) is 17.6. The number of hydrogen-bond acceptors (Lipinski definition) is 6. The molecule has 0 aromatic heterocycles. The summed E-state index contributed by atoms with van der Waals surface area (Å²) >= 11 is 18.6. The highest BCUT2D eigenvalue weighted by molar-refractivity contribution is 7.89. The summed E-state index contributed by atoms with van der Waals surface area (Å²) in [4.78, 5) is 27.1. The van der Waals surface area contributed by atoms with Gasteiger partial charge in [0, 0.05) is 27.2 Å². The summed E-state index contributed by atoms with van der Waals surface area (Å²) in [5, 5.41) is 0.854. The molecule has 1 heterocycles. The van der Waals surface area contributed by atoms with Crippen molar-refractivity contribution in [3.8, 4) is 5.75 Å². The van der Waals surface area contributed by atoms with E-state index < -0.39 is 34.5 Å². The van der Waals surface area contributed by atoms with Crippen LogP contribution in [0.3, 0.4) is 0 Å². The number of anilines is 1. The molecule has 0 N–H and O–H groups in total. The number of carbonyl (C=O) groups is 2. The van der Waals surface area contributed by atoms with Gasteiger partial charge in [0.25, 0.3) is 0 Å². The average molecular weight is 584 g/mol. The van der Waals surface area contributed by atoms with Gasteiger partial charge in [0.15, 0.2) is 0 Å². The highest BCUT2D eigenvalue weighted by atomic mass is 35.5. The predicted molar refractivity (Wildman–Crippen MR) is 141 cm³/mol. The molecular formula is C25H21Cl3N2O6S. The van der Waals surface area contributed by atoms with Gasteiger partial charge in [-0.3, -0.25) is 4.79 Å². The van der Waals surface area contributed by atoms with Gasteiger partial charge < -0.3 is 14.4 Å². The van der Waals surface area contributed by atoms with Crippen LogP contribution in [0.4, 0.5) is 5.69 Å². The van der Waals surface area contributed by atoms with E-state index in [-0.39, 0.29) is 28.0 Å². The van der Waals surface area contributed by atoms with Crippen LogP contribution >= 0.6 is 34.8 Å². The molecule has 0 bridgehead atoms. The fourth-order valence-corrected chi connectivity index (χ4v) is 5.80. The van der Waals surface area contributed by atoms with Crippen molar-refractivity contribution < 1.29 is 27.5 Å². The standard InChI is InChI=1S/C25H21Cl3N2O6S/c1-35-25(32)23-14-30(21-7-2-3-8-22(21)36-23)24(31)15-29(13-18-19(27)5-4-6-20(18)28)37(33,34)17-11-9-16(26)10-12-17/h2-12,23H,13-15H2,1H3/t23-/m1/s1. The number of ether oxygens (including phenoxy) is 2. The molecule has 3 aromatic rings. The van der Waals surface area contributed by atoms with E-state index >= 15 is 0 Å². The monoisotopic (exact) mass is 582 g/mol. The molecule has 0 unspecified atom stereocenters. The van der Waals surface area contributed by atoms with Crippen molar-refractivity contribution in [1.82, 2.24) is 4.31 Å². The van der Waals surface area contributed by atoms with Crippen molar-refractivity contribution in [2.75, 3.05) is 25.1 Å². The van der Waals surface area contributed by atoms with Crippen molar-refractivity contribution >= 4 is 62.4 Å². The number of benzene rings is 3. The molecular weight excluding hydrogens is 563 g/mol. The van der Waals surface area contributed by atoms with Crippen LogP contribution in [0.1, 0.15) is 5.56 Å². The number of amides is 1. The maximum Gasteiger partial charge on any atom is 0.348 e. The fourth-order valence-electron chi connectivity index (χ4n) is 3.80. The van der Waals surface area contributed by atoms with Crippen LogP contribution in [0, 0.1) is 0 Å². The van der Waals surface area contributed by atoms with E-state index in [1.165, 1.54) is 36.3 Å². The van der Waals surface area contributed by atoms with Gasteiger partial charge in [0.05, 0.1) is 30.8 Å². The molecule has 0 spiro atoms. The van der Waals surface area contributed by atoms with Crippen molar-refractivity contribution in [3.05, 3.63) is 87.4 Å². The number of carbonyl (C=O) groups excluding carboxylic acids is 2. The molecule has 37 heavy (non-hydrogen) atoms. The number of sulfonamides is 1. The minimum atomic E-state index is -4.21. The fraction of sp³-hybridized carbons (Fsp3) is 0.200. The highest BCUT2D eigenvalue weighted by Gasteiger charge is 2.37. The van der Waals surface area contributed by atoms with Gasteiger partial charge in [0.2, 0.25) is 22.0 Å². The second-order valence-corrected chi connectivity index (χ2v) is 11.2. The lowest BCUT2D eigenvalue weighted by Crippen LogP contribution is -2.50. The summed E-state index contributed by atoms with van der Waals surface area (Å²) in [6.07, 6.45) is -1.08. The Morgan fingerprint density at radius 1 is 1.00 bits per heavy atom.